The van der Waals surface area contributed by atoms with Crippen LogP contribution in [0, 0.1) is 0 Å². The quantitative estimate of drug-likeness (QED) is 0.787. The Morgan fingerprint density at radius 3 is 2.62 bits per heavy atom. The largest absolute Gasteiger partial charge is 0.384 e. The van der Waals surface area contributed by atoms with E-state index in [-0.39, 0.29) is 5.91 Å². The first kappa shape index (κ1) is 14.7. The minimum absolute atomic E-state index is 0.0750. The van der Waals surface area contributed by atoms with Crippen molar-refractivity contribution < 1.29 is 4.79 Å². The minimum Gasteiger partial charge on any atom is -0.384 e. The van der Waals surface area contributed by atoms with Crippen molar-refractivity contribution in [2.24, 2.45) is 0 Å². The summed E-state index contributed by atoms with van der Waals surface area (Å²) in [5.41, 5.74) is 7.98. The molecule has 4 rings (SSSR count). The van der Waals surface area contributed by atoms with Crippen LogP contribution in [0.25, 0.3) is 16.7 Å². The number of hydrogen-bond donors (Lipinski definition) is 1. The summed E-state index contributed by atoms with van der Waals surface area (Å²) in [4.78, 5) is 23.2. The third-order valence-electron chi connectivity index (χ3n) is 4.47. The summed E-state index contributed by atoms with van der Waals surface area (Å²) in [6.07, 6.45) is 8.69. The number of piperidine rings is 1. The van der Waals surface area contributed by atoms with E-state index in [1.54, 1.807) is 18.5 Å². The van der Waals surface area contributed by atoms with Gasteiger partial charge in [-0.3, -0.25) is 9.36 Å². The van der Waals surface area contributed by atoms with Crippen LogP contribution in [0.5, 0.6) is 0 Å². The summed E-state index contributed by atoms with van der Waals surface area (Å²) in [7, 11) is 0. The lowest BCUT2D eigenvalue weighted by molar-refractivity contribution is 0.0724. The lowest BCUT2D eigenvalue weighted by Crippen LogP contribution is -2.35. The summed E-state index contributed by atoms with van der Waals surface area (Å²) >= 11 is 0. The molecule has 122 valence electrons. The highest BCUT2D eigenvalue weighted by Gasteiger charge is 2.19. The van der Waals surface area contributed by atoms with Crippen LogP contribution in [-0.4, -0.2) is 38.4 Å². The molecule has 1 saturated heterocycles. The van der Waals surface area contributed by atoms with Crippen molar-refractivity contribution in [3.05, 3.63) is 48.4 Å². The number of aromatic nitrogens is 3. The molecule has 0 bridgehead atoms. The lowest BCUT2D eigenvalue weighted by atomic mass is 10.1. The van der Waals surface area contributed by atoms with Gasteiger partial charge in [-0.2, -0.15) is 0 Å². The van der Waals surface area contributed by atoms with Crippen LogP contribution < -0.4 is 5.73 Å². The summed E-state index contributed by atoms with van der Waals surface area (Å²) in [6, 6.07) is 7.54. The number of fused-ring (bicyclic) bond motifs is 1. The Balaban J connectivity index is 1.67. The van der Waals surface area contributed by atoms with E-state index in [4.69, 9.17) is 5.73 Å². The van der Waals surface area contributed by atoms with Crippen molar-refractivity contribution in [3.8, 4) is 5.69 Å². The topological polar surface area (TPSA) is 77.0 Å². The molecule has 1 aliphatic rings. The van der Waals surface area contributed by atoms with Crippen LogP contribution in [-0.2, 0) is 0 Å². The SMILES string of the molecule is Nc1ccc(-n2ccc3cc(C(=O)N4CCCCC4)cnc32)cn1. The summed E-state index contributed by atoms with van der Waals surface area (Å²) in [6.45, 7) is 1.68. The van der Waals surface area contributed by atoms with Gasteiger partial charge in [-0.05, 0) is 43.5 Å². The number of nitrogens with two attached hydrogens (primary N) is 1. The smallest absolute Gasteiger partial charge is 0.255 e. The zero-order valence-electron chi connectivity index (χ0n) is 13.4. The van der Waals surface area contributed by atoms with Gasteiger partial charge in [-0.15, -0.1) is 0 Å². The summed E-state index contributed by atoms with van der Waals surface area (Å²) < 4.78 is 1.94. The van der Waals surface area contributed by atoms with E-state index >= 15 is 0 Å². The third kappa shape index (κ3) is 2.60. The maximum absolute atomic E-state index is 12.6. The Labute approximate surface area is 139 Å². The number of pyridine rings is 2. The average Bonchev–Trinajstić information content (AvgIpc) is 3.05. The molecule has 0 saturated carbocycles. The van der Waals surface area contributed by atoms with Crippen molar-refractivity contribution in [2.75, 3.05) is 18.8 Å². The number of amides is 1. The minimum atomic E-state index is 0.0750. The average molecular weight is 321 g/mol. The number of likely N-dealkylation sites (tertiary alicyclic amines) is 1. The van der Waals surface area contributed by atoms with Crippen LogP contribution in [0.3, 0.4) is 0 Å². The number of anilines is 1. The molecule has 6 nitrogen and oxygen atoms in total. The van der Waals surface area contributed by atoms with Crippen molar-refractivity contribution in [1.82, 2.24) is 19.4 Å². The second-order valence-electron chi connectivity index (χ2n) is 6.12. The maximum atomic E-state index is 12.6. The number of carbonyl (C=O) groups excluding carboxylic acids is 1. The summed E-state index contributed by atoms with van der Waals surface area (Å²) in [5, 5.41) is 0.940. The van der Waals surface area contributed by atoms with E-state index in [2.05, 4.69) is 9.97 Å². The number of nitrogen functional groups attached to an aromatic ring is 1. The monoisotopic (exact) mass is 321 g/mol. The molecular weight excluding hydrogens is 302 g/mol. The van der Waals surface area contributed by atoms with Crippen molar-refractivity contribution in [1.29, 1.82) is 0 Å². The van der Waals surface area contributed by atoms with E-state index in [1.807, 2.05) is 33.9 Å². The molecule has 0 aromatic carbocycles. The predicted molar refractivity (Wildman–Crippen MR) is 93.0 cm³/mol. The Bertz CT molecular complexity index is 878. The fraction of sp³-hybridized carbons (Fsp3) is 0.278. The Morgan fingerprint density at radius 1 is 1.04 bits per heavy atom. The third-order valence-corrected chi connectivity index (χ3v) is 4.47. The molecule has 0 spiro atoms. The molecule has 1 aliphatic heterocycles. The van der Waals surface area contributed by atoms with Gasteiger partial charge in [0, 0.05) is 30.9 Å². The highest BCUT2D eigenvalue weighted by Crippen LogP contribution is 2.21. The van der Waals surface area contributed by atoms with Gasteiger partial charge in [0.15, 0.2) is 0 Å². The van der Waals surface area contributed by atoms with E-state index in [1.165, 1.54) is 6.42 Å². The van der Waals surface area contributed by atoms with Gasteiger partial charge in [0.1, 0.15) is 11.5 Å². The van der Waals surface area contributed by atoms with Crippen molar-refractivity contribution >= 4 is 22.8 Å². The van der Waals surface area contributed by atoms with E-state index in [0.717, 1.165) is 42.7 Å². The second kappa shape index (κ2) is 5.96. The fourth-order valence-corrected chi connectivity index (χ4v) is 3.17. The molecule has 0 atom stereocenters. The van der Waals surface area contributed by atoms with Gasteiger partial charge in [-0.25, -0.2) is 9.97 Å². The molecule has 0 unspecified atom stereocenters. The molecular formula is C18H19N5O. The van der Waals surface area contributed by atoms with Crippen LogP contribution in [0.1, 0.15) is 29.6 Å². The number of rotatable bonds is 2. The molecule has 24 heavy (non-hydrogen) atoms. The highest BCUT2D eigenvalue weighted by atomic mass is 16.2. The molecule has 6 heteroatoms. The van der Waals surface area contributed by atoms with Crippen molar-refractivity contribution in [2.45, 2.75) is 19.3 Å². The predicted octanol–water partition coefficient (Wildman–Crippen LogP) is 2.63. The van der Waals surface area contributed by atoms with Crippen LogP contribution in [0.4, 0.5) is 5.82 Å². The zero-order chi connectivity index (χ0) is 16.5. The normalized spacial score (nSPS) is 14.9. The van der Waals surface area contributed by atoms with Crippen LogP contribution >= 0.6 is 0 Å². The van der Waals surface area contributed by atoms with Crippen LogP contribution in [0.15, 0.2) is 42.9 Å². The van der Waals surface area contributed by atoms with Gasteiger partial charge in [-0.1, -0.05) is 0 Å². The molecule has 2 N–H and O–H groups in total. The highest BCUT2D eigenvalue weighted by molar-refractivity contribution is 5.97. The first-order chi connectivity index (χ1) is 11.7. The molecule has 4 heterocycles. The van der Waals surface area contributed by atoms with Gasteiger partial charge >= 0.3 is 0 Å². The van der Waals surface area contributed by atoms with E-state index in [9.17, 15) is 4.79 Å². The lowest BCUT2D eigenvalue weighted by Gasteiger charge is -2.26. The number of hydrogen-bond acceptors (Lipinski definition) is 4. The first-order valence-corrected chi connectivity index (χ1v) is 8.21. The Kier molecular flexibility index (Phi) is 3.65. The maximum Gasteiger partial charge on any atom is 0.255 e. The molecule has 1 amide bonds. The zero-order valence-corrected chi connectivity index (χ0v) is 13.4. The Hall–Kier alpha value is -2.89. The fourth-order valence-electron chi connectivity index (χ4n) is 3.17. The first-order valence-electron chi connectivity index (χ1n) is 8.21. The van der Waals surface area contributed by atoms with Crippen molar-refractivity contribution in [3.63, 3.8) is 0 Å². The Morgan fingerprint density at radius 2 is 1.88 bits per heavy atom. The number of carbonyl (C=O) groups is 1. The number of nitrogens with zero attached hydrogens (tertiary/aromatic N) is 4. The van der Waals surface area contributed by atoms with Gasteiger partial charge in [0.2, 0.25) is 0 Å². The molecule has 0 radical (unpaired) electrons. The van der Waals surface area contributed by atoms with E-state index in [0.29, 0.717) is 11.4 Å². The molecule has 3 aromatic rings. The molecule has 3 aromatic heterocycles. The van der Waals surface area contributed by atoms with Crippen LogP contribution in [0.2, 0.25) is 0 Å². The molecule has 1 fully saturated rings. The van der Waals surface area contributed by atoms with Gasteiger partial charge in [0.05, 0.1) is 17.4 Å². The summed E-state index contributed by atoms with van der Waals surface area (Å²) in [5.74, 6) is 0.559. The van der Waals surface area contributed by atoms with Gasteiger partial charge < -0.3 is 10.6 Å². The second-order valence-corrected chi connectivity index (χ2v) is 6.12. The standard InChI is InChI=1S/C18H19N5O/c19-16-5-4-15(12-20-16)23-9-6-13-10-14(11-21-17(13)23)18(24)22-7-2-1-3-8-22/h4-6,9-12H,1-3,7-8H2,(H2,19,20). The van der Waals surface area contributed by atoms with Gasteiger partial charge in [0.25, 0.3) is 5.91 Å². The molecule has 0 aliphatic carbocycles. The van der Waals surface area contributed by atoms with E-state index < -0.39 is 0 Å².